The van der Waals surface area contributed by atoms with Crippen molar-refractivity contribution < 1.29 is 5.11 Å². The van der Waals surface area contributed by atoms with Crippen LogP contribution in [0.3, 0.4) is 0 Å². The van der Waals surface area contributed by atoms with Crippen LogP contribution in [0, 0.1) is 6.92 Å². The highest BCUT2D eigenvalue weighted by atomic mass is 16.3. The van der Waals surface area contributed by atoms with Gasteiger partial charge < -0.3 is 10.0 Å². The maximum atomic E-state index is 9.84. The standard InChI is InChI=1S/C17H21NO/c1-14-8-9-17(19)16(12-14)13-18(2)11-10-15-6-4-3-5-7-15/h3-9,12,19H,10-11,13H2,1-2H3. The Kier molecular flexibility index (Phi) is 4.58. The molecule has 0 saturated heterocycles. The molecule has 2 aromatic rings. The van der Waals surface area contributed by atoms with E-state index < -0.39 is 0 Å². The third-order valence-electron chi connectivity index (χ3n) is 3.30. The molecule has 0 bridgehead atoms. The van der Waals surface area contributed by atoms with Gasteiger partial charge in [-0.1, -0.05) is 48.0 Å². The van der Waals surface area contributed by atoms with E-state index in [-0.39, 0.29) is 0 Å². The lowest BCUT2D eigenvalue weighted by atomic mass is 10.1. The van der Waals surface area contributed by atoms with Gasteiger partial charge in [-0.2, -0.15) is 0 Å². The molecule has 2 heteroatoms. The highest BCUT2D eigenvalue weighted by molar-refractivity contribution is 5.35. The summed E-state index contributed by atoms with van der Waals surface area (Å²) in [5, 5.41) is 9.84. The molecular formula is C17H21NO. The van der Waals surface area contributed by atoms with E-state index in [0.29, 0.717) is 5.75 Å². The summed E-state index contributed by atoms with van der Waals surface area (Å²) < 4.78 is 0. The molecule has 1 N–H and O–H groups in total. The van der Waals surface area contributed by atoms with Crippen LogP contribution in [0.2, 0.25) is 0 Å². The van der Waals surface area contributed by atoms with Crippen LogP contribution >= 0.6 is 0 Å². The van der Waals surface area contributed by atoms with Crippen molar-refractivity contribution in [2.24, 2.45) is 0 Å². The second kappa shape index (κ2) is 6.39. The summed E-state index contributed by atoms with van der Waals surface area (Å²) >= 11 is 0. The molecule has 0 unspecified atom stereocenters. The van der Waals surface area contributed by atoms with E-state index in [2.05, 4.69) is 36.2 Å². The van der Waals surface area contributed by atoms with Gasteiger partial charge in [0.25, 0.3) is 0 Å². The largest absolute Gasteiger partial charge is 0.508 e. The van der Waals surface area contributed by atoms with Gasteiger partial charge in [0.15, 0.2) is 0 Å². The fourth-order valence-electron chi connectivity index (χ4n) is 2.18. The first-order valence-electron chi connectivity index (χ1n) is 6.66. The van der Waals surface area contributed by atoms with E-state index in [4.69, 9.17) is 0 Å². The average Bonchev–Trinajstić information content (AvgIpc) is 2.42. The second-order valence-electron chi connectivity index (χ2n) is 5.11. The molecule has 0 heterocycles. The summed E-state index contributed by atoms with van der Waals surface area (Å²) in [5.74, 6) is 0.386. The van der Waals surface area contributed by atoms with Crippen LogP contribution in [0.25, 0.3) is 0 Å². The summed E-state index contributed by atoms with van der Waals surface area (Å²) in [6.45, 7) is 3.81. The molecule has 0 amide bonds. The third-order valence-corrected chi connectivity index (χ3v) is 3.30. The minimum Gasteiger partial charge on any atom is -0.508 e. The van der Waals surface area contributed by atoms with Crippen molar-refractivity contribution in [2.45, 2.75) is 19.9 Å². The van der Waals surface area contributed by atoms with Crippen molar-refractivity contribution in [1.82, 2.24) is 4.90 Å². The number of nitrogens with zero attached hydrogens (tertiary/aromatic N) is 1. The first kappa shape index (κ1) is 13.6. The van der Waals surface area contributed by atoms with Gasteiger partial charge in [0.05, 0.1) is 0 Å². The SMILES string of the molecule is Cc1ccc(O)c(CN(C)CCc2ccccc2)c1. The zero-order valence-electron chi connectivity index (χ0n) is 11.6. The Morgan fingerprint density at radius 1 is 1.05 bits per heavy atom. The summed E-state index contributed by atoms with van der Waals surface area (Å²) in [6, 6.07) is 16.2. The van der Waals surface area contributed by atoms with E-state index in [9.17, 15) is 5.11 Å². The van der Waals surface area contributed by atoms with Crippen LogP contribution in [0.4, 0.5) is 0 Å². The van der Waals surface area contributed by atoms with Gasteiger partial charge in [-0.3, -0.25) is 0 Å². The number of phenols is 1. The Hall–Kier alpha value is -1.80. The lowest BCUT2D eigenvalue weighted by Gasteiger charge is -2.17. The Morgan fingerprint density at radius 2 is 1.79 bits per heavy atom. The van der Waals surface area contributed by atoms with Crippen LogP contribution in [-0.2, 0) is 13.0 Å². The summed E-state index contributed by atoms with van der Waals surface area (Å²) in [7, 11) is 2.09. The topological polar surface area (TPSA) is 23.5 Å². The highest BCUT2D eigenvalue weighted by Gasteiger charge is 2.05. The van der Waals surface area contributed by atoms with Crippen LogP contribution in [-0.4, -0.2) is 23.6 Å². The molecule has 2 rings (SSSR count). The Morgan fingerprint density at radius 3 is 2.53 bits per heavy atom. The molecule has 0 atom stereocenters. The monoisotopic (exact) mass is 255 g/mol. The molecule has 0 spiro atoms. The zero-order chi connectivity index (χ0) is 13.7. The summed E-state index contributed by atoms with van der Waals surface area (Å²) in [6.07, 6.45) is 1.03. The van der Waals surface area contributed by atoms with Crippen LogP contribution in [0.1, 0.15) is 16.7 Å². The third kappa shape index (κ3) is 4.11. The van der Waals surface area contributed by atoms with Gasteiger partial charge in [0.1, 0.15) is 5.75 Å². The van der Waals surface area contributed by atoms with Crippen molar-refractivity contribution >= 4 is 0 Å². The Labute approximate surface area is 115 Å². The van der Waals surface area contributed by atoms with Gasteiger partial charge >= 0.3 is 0 Å². The van der Waals surface area contributed by atoms with Crippen molar-refractivity contribution in [1.29, 1.82) is 0 Å². The number of phenolic OH excluding ortho intramolecular Hbond substituents is 1. The number of aryl methyl sites for hydroxylation is 1. The van der Waals surface area contributed by atoms with Gasteiger partial charge in [0.2, 0.25) is 0 Å². The Balaban J connectivity index is 1.90. The van der Waals surface area contributed by atoms with Gasteiger partial charge in [0, 0.05) is 18.7 Å². The molecule has 0 aliphatic rings. The lowest BCUT2D eigenvalue weighted by molar-refractivity contribution is 0.324. The molecule has 0 saturated carbocycles. The predicted octanol–water partition coefficient (Wildman–Crippen LogP) is 3.38. The van der Waals surface area contributed by atoms with Crippen molar-refractivity contribution in [3.63, 3.8) is 0 Å². The van der Waals surface area contributed by atoms with E-state index in [0.717, 1.165) is 25.1 Å². The number of benzene rings is 2. The minimum atomic E-state index is 0.386. The van der Waals surface area contributed by atoms with Gasteiger partial charge in [-0.25, -0.2) is 0 Å². The number of likely N-dealkylation sites (N-methyl/N-ethyl adjacent to an activating group) is 1. The number of hydrogen-bond acceptors (Lipinski definition) is 2. The molecule has 2 aromatic carbocycles. The van der Waals surface area contributed by atoms with Crippen molar-refractivity contribution in [3.05, 3.63) is 65.2 Å². The molecule has 2 nitrogen and oxygen atoms in total. The van der Waals surface area contributed by atoms with Crippen LogP contribution in [0.15, 0.2) is 48.5 Å². The van der Waals surface area contributed by atoms with Crippen LogP contribution < -0.4 is 0 Å². The quantitative estimate of drug-likeness (QED) is 0.885. The zero-order valence-corrected chi connectivity index (χ0v) is 11.6. The maximum absolute atomic E-state index is 9.84. The molecule has 0 aromatic heterocycles. The number of aromatic hydroxyl groups is 1. The fraction of sp³-hybridized carbons (Fsp3) is 0.294. The smallest absolute Gasteiger partial charge is 0.120 e. The highest BCUT2D eigenvalue weighted by Crippen LogP contribution is 2.19. The van der Waals surface area contributed by atoms with E-state index >= 15 is 0 Å². The fourth-order valence-corrected chi connectivity index (χ4v) is 2.18. The average molecular weight is 255 g/mol. The van der Waals surface area contributed by atoms with Crippen LogP contribution in [0.5, 0.6) is 5.75 Å². The molecule has 0 aliphatic carbocycles. The van der Waals surface area contributed by atoms with E-state index in [1.54, 1.807) is 6.07 Å². The second-order valence-corrected chi connectivity index (χ2v) is 5.11. The number of hydrogen-bond donors (Lipinski definition) is 1. The molecule has 0 radical (unpaired) electrons. The molecule has 19 heavy (non-hydrogen) atoms. The summed E-state index contributed by atoms with van der Waals surface area (Å²) in [4.78, 5) is 2.24. The molecule has 0 aliphatic heterocycles. The normalized spacial score (nSPS) is 10.9. The lowest BCUT2D eigenvalue weighted by Crippen LogP contribution is -2.20. The van der Waals surface area contributed by atoms with Gasteiger partial charge in [-0.15, -0.1) is 0 Å². The first-order valence-corrected chi connectivity index (χ1v) is 6.66. The molecule has 0 fully saturated rings. The van der Waals surface area contributed by atoms with Crippen molar-refractivity contribution in [3.8, 4) is 5.75 Å². The summed E-state index contributed by atoms with van der Waals surface area (Å²) in [5.41, 5.74) is 3.53. The number of rotatable bonds is 5. The molecule has 100 valence electrons. The van der Waals surface area contributed by atoms with Crippen molar-refractivity contribution in [2.75, 3.05) is 13.6 Å². The van der Waals surface area contributed by atoms with Gasteiger partial charge in [-0.05, 0) is 32.0 Å². The van der Waals surface area contributed by atoms with E-state index in [1.807, 2.05) is 25.1 Å². The first-order chi connectivity index (χ1) is 9.15. The van der Waals surface area contributed by atoms with E-state index in [1.165, 1.54) is 11.1 Å². The maximum Gasteiger partial charge on any atom is 0.120 e. The Bertz CT molecular complexity index is 522. The minimum absolute atomic E-state index is 0.386. The predicted molar refractivity (Wildman–Crippen MR) is 79.3 cm³/mol. The molecular weight excluding hydrogens is 234 g/mol.